The average molecular weight is 338 g/mol. The number of ether oxygens (including phenoxy) is 1. The maximum Gasteiger partial charge on any atom is 0.227 e. The molecule has 0 aromatic heterocycles. The van der Waals surface area contributed by atoms with E-state index in [2.05, 4.69) is 6.92 Å². The maximum atomic E-state index is 13.0. The summed E-state index contributed by atoms with van der Waals surface area (Å²) in [5, 5.41) is 31.7. The van der Waals surface area contributed by atoms with Gasteiger partial charge in [-0.3, -0.25) is 4.79 Å². The quantitative estimate of drug-likeness (QED) is 0.643. The zero-order chi connectivity index (χ0) is 17.5. The third-order valence-electron chi connectivity index (χ3n) is 6.18. The third kappa shape index (κ3) is 1.69. The number of allylic oxidation sites excluding steroid dienone is 1. The zero-order valence-electron chi connectivity index (χ0n) is 13.7. The van der Waals surface area contributed by atoms with Crippen LogP contribution in [0.4, 0.5) is 0 Å². The number of aliphatic hydroxyl groups is 1. The molecule has 0 radical (unpaired) electrons. The van der Waals surface area contributed by atoms with Gasteiger partial charge in [-0.1, -0.05) is 6.92 Å². The van der Waals surface area contributed by atoms with Crippen molar-refractivity contribution in [3.63, 3.8) is 0 Å². The van der Waals surface area contributed by atoms with E-state index in [0.29, 0.717) is 41.5 Å². The van der Waals surface area contributed by atoms with Crippen molar-refractivity contribution in [2.75, 3.05) is 6.61 Å². The first-order chi connectivity index (χ1) is 11.9. The second-order valence-corrected chi connectivity index (χ2v) is 7.47. The number of rotatable bonds is 0. The van der Waals surface area contributed by atoms with Gasteiger partial charge in [0.05, 0.1) is 12.7 Å². The summed E-state index contributed by atoms with van der Waals surface area (Å²) in [4.78, 5) is 13.0. The fourth-order valence-corrected chi connectivity index (χ4v) is 4.83. The summed E-state index contributed by atoms with van der Waals surface area (Å²) in [7, 11) is 0. The van der Waals surface area contributed by atoms with E-state index < -0.39 is 11.5 Å². The molecular formula is C20H18O5. The van der Waals surface area contributed by atoms with E-state index in [4.69, 9.17) is 4.74 Å². The number of phenolic OH excluding ortho intramolecular Hbond substituents is 2. The van der Waals surface area contributed by atoms with Gasteiger partial charge in [-0.2, -0.15) is 0 Å². The fourth-order valence-electron chi connectivity index (χ4n) is 4.83. The van der Waals surface area contributed by atoms with Crippen LogP contribution < -0.4 is 0 Å². The van der Waals surface area contributed by atoms with Crippen LogP contribution in [-0.2, 0) is 10.2 Å². The molecule has 3 atom stereocenters. The van der Waals surface area contributed by atoms with E-state index in [1.807, 2.05) is 6.07 Å². The molecule has 0 spiro atoms. The Balaban J connectivity index is 1.85. The Morgan fingerprint density at radius 2 is 1.84 bits per heavy atom. The first-order valence-corrected chi connectivity index (χ1v) is 8.51. The summed E-state index contributed by atoms with van der Waals surface area (Å²) in [6.45, 7) is 2.41. The van der Waals surface area contributed by atoms with E-state index in [1.165, 1.54) is 12.1 Å². The Labute approximate surface area is 144 Å². The van der Waals surface area contributed by atoms with E-state index >= 15 is 0 Å². The minimum Gasteiger partial charge on any atom is -0.507 e. The van der Waals surface area contributed by atoms with Crippen LogP contribution >= 0.6 is 0 Å². The van der Waals surface area contributed by atoms with Gasteiger partial charge in [0.25, 0.3) is 0 Å². The number of hydrogen-bond acceptors (Lipinski definition) is 5. The normalized spacial score (nSPS) is 30.2. The molecule has 2 aromatic carbocycles. The minimum absolute atomic E-state index is 0.0256. The summed E-state index contributed by atoms with van der Waals surface area (Å²) in [6.07, 6.45) is 0.852. The zero-order valence-corrected chi connectivity index (χ0v) is 13.7. The molecule has 3 N–H and O–H groups in total. The third-order valence-corrected chi connectivity index (χ3v) is 6.18. The highest BCUT2D eigenvalue weighted by atomic mass is 16.5. The van der Waals surface area contributed by atoms with Crippen molar-refractivity contribution in [1.82, 2.24) is 0 Å². The standard InChI is InChI=1S/C20H18O5/c1-20-5-4-16(23)12-8-25-19(17(12)20)18(24)11-6-9-10(7-13(11)20)15(22)3-2-14(9)21/h2-3,6-7,12,16,21-23H,4-5,8H2,1H3/t12-,16-,20-/m0/s1. The van der Waals surface area contributed by atoms with Crippen molar-refractivity contribution >= 4 is 16.6 Å². The number of benzene rings is 2. The molecule has 25 heavy (non-hydrogen) atoms. The number of fused-ring (bicyclic) bond motifs is 3. The number of carbonyl (C=O) groups excluding carboxylic acids is 1. The second kappa shape index (κ2) is 4.55. The Bertz CT molecular complexity index is 989. The topological polar surface area (TPSA) is 87.0 Å². The van der Waals surface area contributed by atoms with Crippen LogP contribution in [0.5, 0.6) is 11.5 Å². The lowest BCUT2D eigenvalue weighted by atomic mass is 9.59. The Morgan fingerprint density at radius 3 is 2.56 bits per heavy atom. The minimum atomic E-state index is -0.493. The van der Waals surface area contributed by atoms with Crippen LogP contribution in [0.25, 0.3) is 10.8 Å². The molecule has 5 rings (SSSR count). The van der Waals surface area contributed by atoms with Gasteiger partial charge in [0.2, 0.25) is 5.78 Å². The van der Waals surface area contributed by atoms with Crippen molar-refractivity contribution in [1.29, 1.82) is 0 Å². The highest BCUT2D eigenvalue weighted by molar-refractivity contribution is 6.14. The SMILES string of the molecule is C[C@@]12CC[C@H](O)[C@@H]3COC(=C31)C(=O)c1cc3c(O)ccc(O)c3cc12. The molecule has 0 amide bonds. The second-order valence-electron chi connectivity index (χ2n) is 7.47. The van der Waals surface area contributed by atoms with Crippen LogP contribution in [0.15, 0.2) is 35.6 Å². The summed E-state index contributed by atoms with van der Waals surface area (Å²) < 4.78 is 5.70. The average Bonchev–Trinajstić information content (AvgIpc) is 3.06. The van der Waals surface area contributed by atoms with Crippen molar-refractivity contribution in [3.8, 4) is 11.5 Å². The van der Waals surface area contributed by atoms with Gasteiger partial charge in [-0.05, 0) is 48.2 Å². The molecule has 1 fully saturated rings. The number of aliphatic hydroxyl groups excluding tert-OH is 1. The molecule has 1 aliphatic heterocycles. The van der Waals surface area contributed by atoms with Crippen molar-refractivity contribution in [2.45, 2.75) is 31.3 Å². The molecule has 0 bridgehead atoms. The highest BCUT2D eigenvalue weighted by Crippen LogP contribution is 2.55. The number of carbonyl (C=O) groups is 1. The van der Waals surface area contributed by atoms with Crippen LogP contribution in [-0.4, -0.2) is 33.8 Å². The predicted octanol–water partition coefficient (Wildman–Crippen LogP) is 2.76. The lowest BCUT2D eigenvalue weighted by Gasteiger charge is -2.43. The predicted molar refractivity (Wildman–Crippen MR) is 90.7 cm³/mol. The van der Waals surface area contributed by atoms with Gasteiger partial charge >= 0.3 is 0 Å². The largest absolute Gasteiger partial charge is 0.507 e. The number of aromatic hydroxyl groups is 2. The smallest absolute Gasteiger partial charge is 0.227 e. The van der Waals surface area contributed by atoms with Crippen LogP contribution in [0.2, 0.25) is 0 Å². The van der Waals surface area contributed by atoms with Gasteiger partial charge in [0, 0.05) is 27.7 Å². The van der Waals surface area contributed by atoms with Crippen LogP contribution in [0.1, 0.15) is 35.7 Å². The lowest BCUT2D eigenvalue weighted by molar-refractivity contribution is 0.0631. The molecule has 0 unspecified atom stereocenters. The van der Waals surface area contributed by atoms with Crippen molar-refractivity contribution < 1.29 is 24.9 Å². The molecule has 128 valence electrons. The van der Waals surface area contributed by atoms with E-state index in [9.17, 15) is 20.1 Å². The molecule has 2 aliphatic carbocycles. The number of ketones is 1. The monoisotopic (exact) mass is 338 g/mol. The van der Waals surface area contributed by atoms with Crippen LogP contribution in [0, 0.1) is 5.92 Å². The number of Topliss-reactive ketones (excluding diaryl/α,β-unsaturated/α-hetero) is 1. The van der Waals surface area contributed by atoms with E-state index in [0.717, 1.165) is 11.1 Å². The van der Waals surface area contributed by atoms with Crippen LogP contribution in [0.3, 0.4) is 0 Å². The molecule has 5 nitrogen and oxygen atoms in total. The Hall–Kier alpha value is -2.53. The number of hydrogen-bond donors (Lipinski definition) is 3. The summed E-state index contributed by atoms with van der Waals surface area (Å²) in [5.74, 6) is 0.0971. The Morgan fingerprint density at radius 1 is 1.16 bits per heavy atom. The fraction of sp³-hybridized carbons (Fsp3) is 0.350. The maximum absolute atomic E-state index is 13.0. The molecule has 2 aromatic rings. The summed E-state index contributed by atoms with van der Waals surface area (Å²) in [6, 6.07) is 6.34. The lowest BCUT2D eigenvalue weighted by Crippen LogP contribution is -2.43. The van der Waals surface area contributed by atoms with Crippen molar-refractivity contribution in [3.05, 3.63) is 46.7 Å². The molecular weight excluding hydrogens is 320 g/mol. The van der Waals surface area contributed by atoms with Crippen molar-refractivity contribution in [2.24, 2.45) is 5.92 Å². The van der Waals surface area contributed by atoms with Gasteiger partial charge < -0.3 is 20.1 Å². The molecule has 0 saturated heterocycles. The molecule has 5 heteroatoms. The number of phenols is 2. The highest BCUT2D eigenvalue weighted by Gasteiger charge is 2.53. The molecule has 1 heterocycles. The van der Waals surface area contributed by atoms with Gasteiger partial charge in [0.15, 0.2) is 5.76 Å². The van der Waals surface area contributed by atoms with E-state index in [-0.39, 0.29) is 23.2 Å². The van der Waals surface area contributed by atoms with Gasteiger partial charge in [0.1, 0.15) is 11.5 Å². The van der Waals surface area contributed by atoms with Gasteiger partial charge in [-0.15, -0.1) is 0 Å². The summed E-state index contributed by atoms with van der Waals surface area (Å²) in [5.41, 5.74) is 1.83. The molecule has 3 aliphatic rings. The first kappa shape index (κ1) is 14.8. The van der Waals surface area contributed by atoms with Gasteiger partial charge in [-0.25, -0.2) is 0 Å². The molecule has 1 saturated carbocycles. The summed E-state index contributed by atoms with van der Waals surface area (Å²) >= 11 is 0. The van der Waals surface area contributed by atoms with E-state index in [1.54, 1.807) is 6.07 Å². The first-order valence-electron chi connectivity index (χ1n) is 8.51. The Kier molecular flexibility index (Phi) is 2.69.